The molecule has 6 nitrogen and oxygen atoms in total. The van der Waals surface area contributed by atoms with Crippen molar-refractivity contribution in [3.63, 3.8) is 0 Å². The minimum absolute atomic E-state index is 0.126. The molecule has 1 atom stereocenters. The minimum atomic E-state index is -0.699. The number of aromatic nitrogens is 2. The second kappa shape index (κ2) is 5.24. The van der Waals surface area contributed by atoms with E-state index in [-0.39, 0.29) is 18.3 Å². The average Bonchev–Trinajstić information content (AvgIpc) is 3.06. The van der Waals surface area contributed by atoms with Crippen LogP contribution in [0.15, 0.2) is 48.7 Å². The van der Waals surface area contributed by atoms with Crippen LogP contribution in [0, 0.1) is 0 Å². The lowest BCUT2D eigenvalue weighted by Gasteiger charge is -2.24. The van der Waals surface area contributed by atoms with Gasteiger partial charge in [0, 0.05) is 5.39 Å². The molecule has 0 radical (unpaired) electrons. The number of fused-ring (bicyclic) bond motifs is 2. The van der Waals surface area contributed by atoms with Gasteiger partial charge < -0.3 is 10.1 Å². The van der Waals surface area contributed by atoms with Gasteiger partial charge in [0.15, 0.2) is 5.78 Å². The molecule has 1 aliphatic rings. The van der Waals surface area contributed by atoms with Crippen molar-refractivity contribution in [2.24, 2.45) is 0 Å². The average molecular weight is 307 g/mol. The number of Topliss-reactive ketones (excluding diaryl/α,β-unsaturated/α-hetero) is 1. The number of carbonyl (C=O) groups excluding carboxylic acids is 2. The number of H-pyrrole nitrogens is 1. The third-order valence-electron chi connectivity index (χ3n) is 3.90. The van der Waals surface area contributed by atoms with Crippen LogP contribution in [-0.2, 0) is 0 Å². The highest BCUT2D eigenvalue weighted by molar-refractivity contribution is 6.09. The van der Waals surface area contributed by atoms with E-state index in [9.17, 15) is 9.59 Å². The van der Waals surface area contributed by atoms with Gasteiger partial charge in [-0.25, -0.2) is 0 Å². The second-order valence-electron chi connectivity index (χ2n) is 5.34. The molecule has 0 bridgehead atoms. The van der Waals surface area contributed by atoms with Crippen LogP contribution in [0.4, 0.5) is 0 Å². The van der Waals surface area contributed by atoms with Crippen molar-refractivity contribution >= 4 is 22.6 Å². The molecule has 2 aromatic carbocycles. The number of hydrogen-bond donors (Lipinski definition) is 2. The number of nitrogens with one attached hydrogen (secondary N) is 2. The van der Waals surface area contributed by atoms with E-state index >= 15 is 0 Å². The summed E-state index contributed by atoms with van der Waals surface area (Å²) in [5.74, 6) is 0.0804. The van der Waals surface area contributed by atoms with Crippen LogP contribution in [0.5, 0.6) is 5.75 Å². The monoisotopic (exact) mass is 307 g/mol. The zero-order chi connectivity index (χ0) is 15.8. The number of carbonyl (C=O) groups is 2. The first-order valence-electron chi connectivity index (χ1n) is 7.23. The first-order valence-corrected chi connectivity index (χ1v) is 7.23. The molecule has 1 aromatic heterocycles. The van der Waals surface area contributed by atoms with E-state index in [1.54, 1.807) is 36.5 Å². The first-order chi connectivity index (χ1) is 11.2. The fourth-order valence-electron chi connectivity index (χ4n) is 2.73. The maximum atomic E-state index is 12.5. The van der Waals surface area contributed by atoms with E-state index in [2.05, 4.69) is 15.5 Å². The molecule has 4 rings (SSSR count). The van der Waals surface area contributed by atoms with E-state index in [1.165, 1.54) is 0 Å². The standard InChI is InChI=1S/C17H13N3O3/c21-16-11-5-1-2-7-14(11)23-9-13(16)19-17(22)12-6-3-4-10-8-18-20-15(10)12/h1-8,13H,9H2,(H,18,20)(H,19,22). The predicted molar refractivity (Wildman–Crippen MR) is 83.6 cm³/mol. The maximum Gasteiger partial charge on any atom is 0.254 e. The zero-order valence-corrected chi connectivity index (χ0v) is 12.1. The molecule has 3 aromatic rings. The van der Waals surface area contributed by atoms with Crippen LogP contribution in [0.3, 0.4) is 0 Å². The Morgan fingerprint density at radius 3 is 3.00 bits per heavy atom. The van der Waals surface area contributed by atoms with Gasteiger partial charge in [-0.15, -0.1) is 0 Å². The van der Waals surface area contributed by atoms with Crippen molar-refractivity contribution in [3.8, 4) is 5.75 Å². The van der Waals surface area contributed by atoms with Crippen molar-refractivity contribution in [3.05, 3.63) is 59.8 Å². The normalized spacial score (nSPS) is 16.7. The summed E-state index contributed by atoms with van der Waals surface area (Å²) in [6.45, 7) is 0.126. The molecule has 1 amide bonds. The summed E-state index contributed by atoms with van der Waals surface area (Å²) in [7, 11) is 0. The molecule has 0 spiro atoms. The molecular weight excluding hydrogens is 294 g/mol. The fraction of sp³-hybridized carbons (Fsp3) is 0.118. The van der Waals surface area contributed by atoms with Gasteiger partial charge in [0.25, 0.3) is 5.91 Å². The number of benzene rings is 2. The third-order valence-corrected chi connectivity index (χ3v) is 3.90. The molecule has 0 fully saturated rings. The van der Waals surface area contributed by atoms with Crippen molar-refractivity contribution in [2.75, 3.05) is 6.61 Å². The third kappa shape index (κ3) is 2.24. The van der Waals surface area contributed by atoms with E-state index in [0.29, 0.717) is 22.4 Å². The summed E-state index contributed by atoms with van der Waals surface area (Å²) in [5.41, 5.74) is 1.59. The molecule has 6 heteroatoms. The predicted octanol–water partition coefficient (Wildman–Crippen LogP) is 1.94. The van der Waals surface area contributed by atoms with Gasteiger partial charge in [-0.1, -0.05) is 24.3 Å². The number of rotatable bonds is 2. The molecule has 1 aliphatic heterocycles. The maximum absolute atomic E-state index is 12.5. The van der Waals surface area contributed by atoms with Crippen molar-refractivity contribution in [1.29, 1.82) is 0 Å². The number of hydrogen-bond acceptors (Lipinski definition) is 4. The molecule has 0 aliphatic carbocycles. The number of aromatic amines is 1. The summed E-state index contributed by atoms with van der Waals surface area (Å²) in [6, 6.07) is 11.7. The van der Waals surface area contributed by atoms with Gasteiger partial charge in [-0.05, 0) is 18.2 Å². The van der Waals surface area contributed by atoms with E-state index in [4.69, 9.17) is 4.74 Å². The Labute approximate surface area is 131 Å². The summed E-state index contributed by atoms with van der Waals surface area (Å²) >= 11 is 0. The highest BCUT2D eigenvalue weighted by atomic mass is 16.5. The van der Waals surface area contributed by atoms with Crippen LogP contribution in [0.2, 0.25) is 0 Å². The number of ether oxygens (including phenoxy) is 1. The number of para-hydroxylation sites is 2. The van der Waals surface area contributed by atoms with Gasteiger partial charge in [0.2, 0.25) is 0 Å². The zero-order valence-electron chi connectivity index (χ0n) is 12.1. The molecule has 114 valence electrons. The van der Waals surface area contributed by atoms with E-state index in [0.717, 1.165) is 5.39 Å². The van der Waals surface area contributed by atoms with Gasteiger partial charge >= 0.3 is 0 Å². The van der Waals surface area contributed by atoms with Gasteiger partial charge in [-0.2, -0.15) is 5.10 Å². The van der Waals surface area contributed by atoms with Crippen LogP contribution in [0.1, 0.15) is 20.7 Å². The molecular formula is C17H13N3O3. The second-order valence-corrected chi connectivity index (χ2v) is 5.34. The number of amides is 1. The highest BCUT2D eigenvalue weighted by Crippen LogP contribution is 2.24. The lowest BCUT2D eigenvalue weighted by molar-refractivity contribution is 0.0796. The first kappa shape index (κ1) is 13.5. The summed E-state index contributed by atoms with van der Waals surface area (Å²) in [4.78, 5) is 25.0. The number of ketones is 1. The van der Waals surface area contributed by atoms with Crippen LogP contribution in [-0.4, -0.2) is 34.5 Å². The Morgan fingerprint density at radius 2 is 2.09 bits per heavy atom. The number of nitrogens with zero attached hydrogens (tertiary/aromatic N) is 1. The minimum Gasteiger partial charge on any atom is -0.490 e. The van der Waals surface area contributed by atoms with Gasteiger partial charge in [0.05, 0.1) is 22.8 Å². The van der Waals surface area contributed by atoms with E-state index < -0.39 is 6.04 Å². The smallest absolute Gasteiger partial charge is 0.254 e. The van der Waals surface area contributed by atoms with Crippen LogP contribution >= 0.6 is 0 Å². The van der Waals surface area contributed by atoms with E-state index in [1.807, 2.05) is 12.1 Å². The highest BCUT2D eigenvalue weighted by Gasteiger charge is 2.30. The Hall–Kier alpha value is -3.15. The topological polar surface area (TPSA) is 84.1 Å². The fourth-order valence-corrected chi connectivity index (χ4v) is 2.73. The molecule has 2 N–H and O–H groups in total. The van der Waals surface area contributed by atoms with Crippen molar-refractivity contribution < 1.29 is 14.3 Å². The largest absolute Gasteiger partial charge is 0.490 e. The quantitative estimate of drug-likeness (QED) is 0.758. The molecule has 2 heterocycles. The van der Waals surface area contributed by atoms with Gasteiger partial charge in [-0.3, -0.25) is 14.7 Å². The summed E-state index contributed by atoms with van der Waals surface area (Å²) in [6.07, 6.45) is 1.65. The van der Waals surface area contributed by atoms with Crippen molar-refractivity contribution in [1.82, 2.24) is 15.5 Å². The lowest BCUT2D eigenvalue weighted by atomic mass is 10.0. The van der Waals surface area contributed by atoms with Crippen LogP contribution < -0.4 is 10.1 Å². The lowest BCUT2D eigenvalue weighted by Crippen LogP contribution is -2.47. The SMILES string of the molecule is O=C(NC1COc2ccccc2C1=O)c1cccc2cn[nH]c12. The Balaban J connectivity index is 1.60. The Kier molecular flexibility index (Phi) is 3.08. The van der Waals surface area contributed by atoms with Crippen LogP contribution in [0.25, 0.3) is 10.9 Å². The molecule has 1 unspecified atom stereocenters. The molecule has 23 heavy (non-hydrogen) atoms. The molecule has 0 saturated carbocycles. The van der Waals surface area contributed by atoms with Gasteiger partial charge in [0.1, 0.15) is 18.4 Å². The Bertz CT molecular complexity index is 916. The van der Waals surface area contributed by atoms with Crippen molar-refractivity contribution in [2.45, 2.75) is 6.04 Å². The summed E-state index contributed by atoms with van der Waals surface area (Å²) < 4.78 is 5.56. The Morgan fingerprint density at radius 1 is 1.22 bits per heavy atom. The molecule has 0 saturated heterocycles. The summed E-state index contributed by atoms with van der Waals surface area (Å²) in [5, 5.41) is 10.3.